The third-order valence-electron chi connectivity index (χ3n) is 4.30. The molecule has 100 valence electrons. The van der Waals surface area contributed by atoms with Gasteiger partial charge in [0.05, 0.1) is 11.5 Å². The first kappa shape index (κ1) is 13.3. The maximum Gasteiger partial charge on any atom is 0.151 e. The summed E-state index contributed by atoms with van der Waals surface area (Å²) in [6.07, 6.45) is 4.50. The quantitative estimate of drug-likeness (QED) is 0.809. The molecule has 2 aliphatic heterocycles. The van der Waals surface area contributed by atoms with Crippen molar-refractivity contribution in [1.29, 1.82) is 0 Å². The zero-order valence-corrected chi connectivity index (χ0v) is 11.7. The van der Waals surface area contributed by atoms with Gasteiger partial charge in [0.25, 0.3) is 0 Å². The van der Waals surface area contributed by atoms with Gasteiger partial charge < -0.3 is 5.32 Å². The summed E-state index contributed by atoms with van der Waals surface area (Å²) in [4.78, 5) is 2.45. The molecule has 0 aromatic heterocycles. The molecule has 0 saturated carbocycles. The Morgan fingerprint density at radius 3 is 2.65 bits per heavy atom. The van der Waals surface area contributed by atoms with Gasteiger partial charge in [-0.05, 0) is 39.8 Å². The topological polar surface area (TPSA) is 49.4 Å². The largest absolute Gasteiger partial charge is 0.316 e. The van der Waals surface area contributed by atoms with Crippen LogP contribution in [0.5, 0.6) is 0 Å². The molecule has 0 aromatic rings. The van der Waals surface area contributed by atoms with Crippen LogP contribution in [0.1, 0.15) is 32.6 Å². The Morgan fingerprint density at radius 1 is 1.29 bits per heavy atom. The van der Waals surface area contributed by atoms with E-state index in [1.54, 1.807) is 0 Å². The van der Waals surface area contributed by atoms with Crippen molar-refractivity contribution in [3.05, 3.63) is 0 Å². The zero-order valence-electron chi connectivity index (χ0n) is 10.9. The fraction of sp³-hybridized carbons (Fsp3) is 1.00. The molecule has 0 radical (unpaired) electrons. The molecule has 3 unspecified atom stereocenters. The summed E-state index contributed by atoms with van der Waals surface area (Å²) in [5, 5.41) is 3.32. The first-order valence-corrected chi connectivity index (χ1v) is 8.49. The first-order chi connectivity index (χ1) is 8.03. The van der Waals surface area contributed by atoms with E-state index in [4.69, 9.17) is 0 Å². The second kappa shape index (κ2) is 5.24. The number of nitrogens with one attached hydrogen (secondary N) is 1. The van der Waals surface area contributed by atoms with Crippen LogP contribution in [0.15, 0.2) is 0 Å². The van der Waals surface area contributed by atoms with Crippen molar-refractivity contribution in [2.75, 3.05) is 25.1 Å². The van der Waals surface area contributed by atoms with Crippen LogP contribution in [0.4, 0.5) is 0 Å². The van der Waals surface area contributed by atoms with Crippen molar-refractivity contribution in [2.24, 2.45) is 0 Å². The standard InChI is InChI=1S/C12H24N2O2S/c1-10(13-2)12-5-3-4-7-14(12)11-6-8-17(15,16)9-11/h10-13H,3-9H2,1-2H3. The van der Waals surface area contributed by atoms with Crippen molar-refractivity contribution in [1.82, 2.24) is 10.2 Å². The lowest BCUT2D eigenvalue weighted by Crippen LogP contribution is -2.54. The average Bonchev–Trinajstić information content (AvgIpc) is 2.68. The van der Waals surface area contributed by atoms with Crippen molar-refractivity contribution < 1.29 is 8.42 Å². The summed E-state index contributed by atoms with van der Waals surface area (Å²) in [6.45, 7) is 3.27. The Bertz CT molecular complexity index is 356. The van der Waals surface area contributed by atoms with Gasteiger partial charge in [0.15, 0.2) is 9.84 Å². The SMILES string of the molecule is CNC(C)C1CCCCN1C1CCS(=O)(=O)C1. The highest BCUT2D eigenvalue weighted by Crippen LogP contribution is 2.27. The maximum atomic E-state index is 11.6. The Balaban J connectivity index is 2.06. The molecule has 2 saturated heterocycles. The minimum absolute atomic E-state index is 0.265. The van der Waals surface area contributed by atoms with E-state index in [0.717, 1.165) is 13.0 Å². The summed E-state index contributed by atoms with van der Waals surface area (Å²) >= 11 is 0. The minimum Gasteiger partial charge on any atom is -0.316 e. The molecule has 4 nitrogen and oxygen atoms in total. The number of sulfone groups is 1. The number of nitrogens with zero attached hydrogens (tertiary/aromatic N) is 1. The molecule has 2 heterocycles. The van der Waals surface area contributed by atoms with E-state index in [-0.39, 0.29) is 6.04 Å². The summed E-state index contributed by atoms with van der Waals surface area (Å²) < 4.78 is 23.2. The summed E-state index contributed by atoms with van der Waals surface area (Å²) in [5.41, 5.74) is 0. The molecule has 0 aliphatic carbocycles. The lowest BCUT2D eigenvalue weighted by atomic mass is 9.94. The fourth-order valence-electron chi connectivity index (χ4n) is 3.20. The van der Waals surface area contributed by atoms with Crippen LogP contribution in [0.25, 0.3) is 0 Å². The Kier molecular flexibility index (Phi) is 4.10. The Morgan fingerprint density at radius 2 is 2.06 bits per heavy atom. The van der Waals surface area contributed by atoms with E-state index in [1.807, 2.05) is 7.05 Å². The van der Waals surface area contributed by atoms with Gasteiger partial charge in [-0.3, -0.25) is 4.90 Å². The highest BCUT2D eigenvalue weighted by Gasteiger charge is 2.37. The number of piperidine rings is 1. The Labute approximate surface area is 105 Å². The normalized spacial score (nSPS) is 35.9. The lowest BCUT2D eigenvalue weighted by molar-refractivity contribution is 0.0848. The number of likely N-dealkylation sites (tertiary alicyclic amines) is 1. The van der Waals surface area contributed by atoms with Crippen LogP contribution in [0.3, 0.4) is 0 Å². The molecule has 2 aliphatic rings. The van der Waals surface area contributed by atoms with Gasteiger partial charge in [-0.2, -0.15) is 0 Å². The van der Waals surface area contributed by atoms with Gasteiger partial charge in [-0.15, -0.1) is 0 Å². The van der Waals surface area contributed by atoms with Gasteiger partial charge >= 0.3 is 0 Å². The van der Waals surface area contributed by atoms with Crippen LogP contribution < -0.4 is 5.32 Å². The molecule has 2 fully saturated rings. The molecular formula is C12H24N2O2S. The second-order valence-corrected chi connectivity index (χ2v) is 7.66. The minimum atomic E-state index is -2.76. The summed E-state index contributed by atoms with van der Waals surface area (Å²) in [7, 11) is -0.774. The van der Waals surface area contributed by atoms with Gasteiger partial charge in [0, 0.05) is 18.1 Å². The summed E-state index contributed by atoms with van der Waals surface area (Å²) in [5.74, 6) is 0.759. The monoisotopic (exact) mass is 260 g/mol. The highest BCUT2D eigenvalue weighted by atomic mass is 32.2. The average molecular weight is 260 g/mol. The molecule has 2 rings (SSSR count). The Hall–Kier alpha value is -0.130. The van der Waals surface area contributed by atoms with Gasteiger partial charge in [-0.25, -0.2) is 8.42 Å². The molecule has 0 spiro atoms. The van der Waals surface area contributed by atoms with Gasteiger partial charge in [0.1, 0.15) is 0 Å². The molecule has 5 heteroatoms. The molecule has 0 bridgehead atoms. The number of hydrogen-bond acceptors (Lipinski definition) is 4. The predicted octanol–water partition coefficient (Wildman–Crippen LogP) is 0.636. The molecule has 3 atom stereocenters. The fourth-order valence-corrected chi connectivity index (χ4v) is 4.94. The van der Waals surface area contributed by atoms with Crippen molar-refractivity contribution >= 4 is 9.84 Å². The van der Waals surface area contributed by atoms with Crippen LogP contribution >= 0.6 is 0 Å². The molecule has 0 aromatic carbocycles. The van der Waals surface area contributed by atoms with Crippen molar-refractivity contribution in [2.45, 2.75) is 50.7 Å². The first-order valence-electron chi connectivity index (χ1n) is 6.67. The summed E-state index contributed by atoms with van der Waals surface area (Å²) in [6, 6.07) is 1.21. The van der Waals surface area contributed by atoms with E-state index < -0.39 is 9.84 Å². The van der Waals surface area contributed by atoms with Crippen LogP contribution in [0.2, 0.25) is 0 Å². The van der Waals surface area contributed by atoms with Gasteiger partial charge in [-0.1, -0.05) is 6.42 Å². The van der Waals surface area contributed by atoms with E-state index >= 15 is 0 Å². The number of hydrogen-bond donors (Lipinski definition) is 1. The third kappa shape index (κ3) is 3.01. The van der Waals surface area contributed by atoms with Crippen molar-refractivity contribution in [3.8, 4) is 0 Å². The highest BCUT2D eigenvalue weighted by molar-refractivity contribution is 7.91. The number of rotatable bonds is 3. The smallest absolute Gasteiger partial charge is 0.151 e. The van der Waals surface area contributed by atoms with Crippen molar-refractivity contribution in [3.63, 3.8) is 0 Å². The molecule has 1 N–H and O–H groups in total. The predicted molar refractivity (Wildman–Crippen MR) is 69.9 cm³/mol. The second-order valence-electron chi connectivity index (χ2n) is 5.44. The molecule has 0 amide bonds. The van der Waals surface area contributed by atoms with Crippen LogP contribution in [-0.4, -0.2) is 56.5 Å². The lowest BCUT2D eigenvalue weighted by Gasteiger charge is -2.42. The van der Waals surface area contributed by atoms with E-state index in [0.29, 0.717) is 23.6 Å². The zero-order chi connectivity index (χ0) is 12.5. The van der Waals surface area contributed by atoms with E-state index in [1.165, 1.54) is 19.3 Å². The third-order valence-corrected chi connectivity index (χ3v) is 6.05. The number of likely N-dealkylation sites (N-methyl/N-ethyl adjacent to an activating group) is 1. The molecular weight excluding hydrogens is 236 g/mol. The maximum absolute atomic E-state index is 11.6. The van der Waals surface area contributed by atoms with Crippen LogP contribution in [-0.2, 0) is 9.84 Å². The van der Waals surface area contributed by atoms with Gasteiger partial charge in [0.2, 0.25) is 0 Å². The van der Waals surface area contributed by atoms with Crippen LogP contribution in [0, 0.1) is 0 Å². The van der Waals surface area contributed by atoms with E-state index in [2.05, 4.69) is 17.1 Å². The molecule has 17 heavy (non-hydrogen) atoms. The van der Waals surface area contributed by atoms with E-state index in [9.17, 15) is 8.42 Å².